The average molecular weight is 283 g/mol. The number of Topliss-reactive ketones (excluding diaryl/α,β-unsaturated/α-hetero) is 1. The molecule has 0 bridgehead atoms. The maximum absolute atomic E-state index is 12.2. The van der Waals surface area contributed by atoms with Gasteiger partial charge in [-0.2, -0.15) is 0 Å². The van der Waals surface area contributed by atoms with Gasteiger partial charge in [0.2, 0.25) is 0 Å². The molecular weight excluding hydrogens is 270 g/mol. The van der Waals surface area contributed by atoms with Gasteiger partial charge in [-0.3, -0.25) is 9.59 Å². The van der Waals surface area contributed by atoms with E-state index in [0.29, 0.717) is 10.9 Å². The molecule has 0 N–H and O–H groups in total. The van der Waals surface area contributed by atoms with E-state index in [1.807, 2.05) is 36.6 Å². The van der Waals surface area contributed by atoms with Gasteiger partial charge in [0.15, 0.2) is 5.78 Å². The Balaban J connectivity index is 1.95. The molecule has 0 fully saturated rings. The number of ketones is 1. The molecule has 2 aromatic heterocycles. The molecule has 4 heteroatoms. The third-order valence-electron chi connectivity index (χ3n) is 3.25. The Kier molecular flexibility index (Phi) is 3.24. The molecule has 100 valence electrons. The molecule has 3 aromatic rings. The fraction of sp³-hybridized carbons (Fsp3) is 0.125. The third kappa shape index (κ3) is 2.30. The van der Waals surface area contributed by atoms with Crippen molar-refractivity contribution < 1.29 is 4.79 Å². The lowest BCUT2D eigenvalue weighted by Crippen LogP contribution is -2.23. The number of hydrogen-bond donors (Lipinski definition) is 0. The van der Waals surface area contributed by atoms with Crippen molar-refractivity contribution in [3.05, 3.63) is 69.5 Å². The molecule has 0 aliphatic heterocycles. The van der Waals surface area contributed by atoms with Crippen molar-refractivity contribution in [2.24, 2.45) is 0 Å². The van der Waals surface area contributed by atoms with Gasteiger partial charge in [0.05, 0.1) is 11.9 Å². The summed E-state index contributed by atoms with van der Waals surface area (Å²) in [4.78, 5) is 24.5. The predicted octanol–water partition coefficient (Wildman–Crippen LogP) is 3.25. The van der Waals surface area contributed by atoms with E-state index >= 15 is 0 Å². The molecule has 0 unspecified atom stereocenters. The summed E-state index contributed by atoms with van der Waals surface area (Å²) in [6.45, 7) is 2.02. The second-order valence-corrected chi connectivity index (χ2v) is 5.69. The van der Waals surface area contributed by atoms with E-state index in [2.05, 4.69) is 0 Å². The normalized spacial score (nSPS) is 10.8. The summed E-state index contributed by atoms with van der Waals surface area (Å²) in [5.74, 6) is -0.0506. The maximum atomic E-state index is 12.2. The van der Waals surface area contributed by atoms with Crippen LogP contribution in [0.3, 0.4) is 0 Å². The Morgan fingerprint density at radius 1 is 1.25 bits per heavy atom. The molecular formula is C16H13NO2S. The number of aryl methyl sites for hydroxylation is 1. The number of rotatable bonds is 3. The monoisotopic (exact) mass is 283 g/mol. The Hall–Kier alpha value is -2.20. The molecule has 0 aliphatic rings. The van der Waals surface area contributed by atoms with Gasteiger partial charge in [-0.1, -0.05) is 23.8 Å². The van der Waals surface area contributed by atoms with Gasteiger partial charge < -0.3 is 4.57 Å². The van der Waals surface area contributed by atoms with Crippen LogP contribution >= 0.6 is 11.3 Å². The van der Waals surface area contributed by atoms with Gasteiger partial charge in [-0.05, 0) is 30.5 Å². The van der Waals surface area contributed by atoms with Crippen LogP contribution in [0.2, 0.25) is 0 Å². The highest BCUT2D eigenvalue weighted by Gasteiger charge is 2.10. The van der Waals surface area contributed by atoms with E-state index in [-0.39, 0.29) is 17.9 Å². The summed E-state index contributed by atoms with van der Waals surface area (Å²) < 4.78 is 2.42. The highest BCUT2D eigenvalue weighted by Crippen LogP contribution is 2.16. The second-order valence-electron chi connectivity index (χ2n) is 4.74. The fourth-order valence-corrected chi connectivity index (χ4v) is 2.97. The lowest BCUT2D eigenvalue weighted by atomic mass is 10.1. The van der Waals surface area contributed by atoms with Crippen molar-refractivity contribution in [2.45, 2.75) is 13.5 Å². The van der Waals surface area contributed by atoms with Crippen molar-refractivity contribution in [3.8, 4) is 0 Å². The standard InChI is InChI=1S/C16H13NO2S/c1-11-3-2-4-12(9-11)14(18)10-17-7-5-15-13(16(17)19)6-8-20-15/h2-9H,10H2,1H3. The van der Waals surface area contributed by atoms with E-state index < -0.39 is 0 Å². The van der Waals surface area contributed by atoms with Crippen LogP contribution in [0, 0.1) is 6.92 Å². The van der Waals surface area contributed by atoms with Crippen LogP contribution in [0.25, 0.3) is 10.1 Å². The number of pyridine rings is 1. The van der Waals surface area contributed by atoms with E-state index in [0.717, 1.165) is 10.3 Å². The summed E-state index contributed by atoms with van der Waals surface area (Å²) in [7, 11) is 0. The highest BCUT2D eigenvalue weighted by atomic mass is 32.1. The van der Waals surface area contributed by atoms with Crippen LogP contribution in [0.1, 0.15) is 15.9 Å². The zero-order chi connectivity index (χ0) is 14.1. The van der Waals surface area contributed by atoms with Crippen LogP contribution in [-0.2, 0) is 6.54 Å². The SMILES string of the molecule is Cc1cccc(C(=O)Cn2ccc3sccc3c2=O)c1. The molecule has 1 aromatic carbocycles. The lowest BCUT2D eigenvalue weighted by Gasteiger charge is -2.06. The lowest BCUT2D eigenvalue weighted by molar-refractivity contribution is 0.0971. The highest BCUT2D eigenvalue weighted by molar-refractivity contribution is 7.17. The number of aromatic nitrogens is 1. The zero-order valence-electron chi connectivity index (χ0n) is 11.0. The Bertz CT molecular complexity index is 845. The number of carbonyl (C=O) groups is 1. The average Bonchev–Trinajstić information content (AvgIpc) is 2.91. The zero-order valence-corrected chi connectivity index (χ0v) is 11.8. The largest absolute Gasteiger partial charge is 0.307 e. The molecule has 3 rings (SSSR count). The smallest absolute Gasteiger partial charge is 0.259 e. The molecule has 3 nitrogen and oxygen atoms in total. The van der Waals surface area contributed by atoms with E-state index in [1.165, 1.54) is 15.9 Å². The first-order valence-electron chi connectivity index (χ1n) is 6.32. The van der Waals surface area contributed by atoms with Crippen molar-refractivity contribution in [1.29, 1.82) is 0 Å². The fourth-order valence-electron chi connectivity index (χ4n) is 2.20. The second kappa shape index (κ2) is 5.06. The van der Waals surface area contributed by atoms with Crippen LogP contribution in [-0.4, -0.2) is 10.4 Å². The van der Waals surface area contributed by atoms with E-state index in [1.54, 1.807) is 18.3 Å². The van der Waals surface area contributed by atoms with Gasteiger partial charge in [0.25, 0.3) is 5.56 Å². The van der Waals surface area contributed by atoms with Crippen molar-refractivity contribution in [3.63, 3.8) is 0 Å². The minimum Gasteiger partial charge on any atom is -0.307 e. The summed E-state index contributed by atoms with van der Waals surface area (Å²) in [5.41, 5.74) is 1.57. The molecule has 0 spiro atoms. The van der Waals surface area contributed by atoms with E-state index in [4.69, 9.17) is 0 Å². The Morgan fingerprint density at radius 3 is 2.90 bits per heavy atom. The molecule has 2 heterocycles. The van der Waals surface area contributed by atoms with Crippen LogP contribution in [0.15, 0.2) is 52.8 Å². The molecule has 0 aliphatic carbocycles. The minimum atomic E-state index is -0.107. The summed E-state index contributed by atoms with van der Waals surface area (Å²) in [6.07, 6.45) is 1.69. The number of carbonyl (C=O) groups excluding carboxylic acids is 1. The Labute approximate surface area is 120 Å². The van der Waals surface area contributed by atoms with Gasteiger partial charge in [-0.25, -0.2) is 0 Å². The topological polar surface area (TPSA) is 39.1 Å². The Morgan fingerprint density at radius 2 is 2.10 bits per heavy atom. The number of thiophene rings is 1. The van der Waals surface area contributed by atoms with Gasteiger partial charge in [-0.15, -0.1) is 11.3 Å². The molecule has 0 radical (unpaired) electrons. The predicted molar refractivity (Wildman–Crippen MR) is 81.6 cm³/mol. The third-order valence-corrected chi connectivity index (χ3v) is 4.13. The van der Waals surface area contributed by atoms with Crippen molar-refractivity contribution in [1.82, 2.24) is 4.57 Å². The van der Waals surface area contributed by atoms with Crippen molar-refractivity contribution >= 4 is 27.2 Å². The number of fused-ring (bicyclic) bond motifs is 1. The quantitative estimate of drug-likeness (QED) is 0.692. The van der Waals surface area contributed by atoms with Crippen molar-refractivity contribution in [2.75, 3.05) is 0 Å². The molecule has 0 saturated heterocycles. The first-order valence-corrected chi connectivity index (χ1v) is 7.19. The number of nitrogens with zero attached hydrogens (tertiary/aromatic N) is 1. The van der Waals surface area contributed by atoms with Crippen LogP contribution < -0.4 is 5.56 Å². The summed E-state index contributed by atoms with van der Waals surface area (Å²) >= 11 is 1.53. The number of benzene rings is 1. The molecule has 0 atom stereocenters. The van der Waals surface area contributed by atoms with Crippen LogP contribution in [0.4, 0.5) is 0 Å². The molecule has 0 saturated carbocycles. The maximum Gasteiger partial charge on any atom is 0.259 e. The summed E-state index contributed by atoms with van der Waals surface area (Å²) in [6, 6.07) is 11.1. The minimum absolute atomic E-state index is 0.0506. The van der Waals surface area contributed by atoms with Crippen LogP contribution in [0.5, 0.6) is 0 Å². The van der Waals surface area contributed by atoms with E-state index in [9.17, 15) is 9.59 Å². The first-order chi connectivity index (χ1) is 9.65. The van der Waals surface area contributed by atoms with Gasteiger partial charge >= 0.3 is 0 Å². The molecule has 0 amide bonds. The first kappa shape index (κ1) is 12.8. The van der Waals surface area contributed by atoms with Gasteiger partial charge in [0, 0.05) is 16.5 Å². The van der Waals surface area contributed by atoms with Gasteiger partial charge in [0.1, 0.15) is 0 Å². The summed E-state index contributed by atoms with van der Waals surface area (Å²) in [5, 5.41) is 2.56. The number of hydrogen-bond acceptors (Lipinski definition) is 3. The molecule has 20 heavy (non-hydrogen) atoms.